The van der Waals surface area contributed by atoms with Crippen LogP contribution >= 0.6 is 0 Å². The van der Waals surface area contributed by atoms with Gasteiger partial charge in [0.2, 0.25) is 0 Å². The minimum atomic E-state index is 0.576. The maximum Gasteiger partial charge on any atom is 0.164 e. The number of hydrogen-bond acceptors (Lipinski definition) is 4. The molecule has 2 heterocycles. The summed E-state index contributed by atoms with van der Waals surface area (Å²) in [6.45, 7) is 0. The number of furan rings is 1. The second-order valence-corrected chi connectivity index (χ2v) is 14.4. The smallest absolute Gasteiger partial charge is 0.164 e. The third-order valence-corrected chi connectivity index (χ3v) is 10.9. The van der Waals surface area contributed by atoms with E-state index in [2.05, 4.69) is 164 Å². The molecule has 0 amide bonds. The Kier molecular flexibility index (Phi) is 7.78. The molecule has 2 aromatic heterocycles. The molecule has 266 valence electrons. The van der Waals surface area contributed by atoms with Crippen LogP contribution in [0.25, 0.3) is 111 Å². The van der Waals surface area contributed by atoms with Crippen molar-refractivity contribution in [1.82, 2.24) is 15.0 Å². The molecule has 4 nitrogen and oxygen atoms in total. The molecule has 0 bridgehead atoms. The highest BCUT2D eigenvalue weighted by Gasteiger charge is 2.19. The van der Waals surface area contributed by atoms with Gasteiger partial charge in [0.1, 0.15) is 11.2 Å². The first-order valence-corrected chi connectivity index (χ1v) is 19.2. The normalized spacial score (nSPS) is 11.5. The molecule has 0 spiro atoms. The Labute approximate surface area is 329 Å². The highest BCUT2D eigenvalue weighted by atomic mass is 16.3. The van der Waals surface area contributed by atoms with Gasteiger partial charge in [-0.1, -0.05) is 176 Å². The van der Waals surface area contributed by atoms with Crippen molar-refractivity contribution in [2.75, 3.05) is 0 Å². The molecule has 0 fully saturated rings. The highest BCUT2D eigenvalue weighted by Crippen LogP contribution is 2.42. The Balaban J connectivity index is 1.09. The van der Waals surface area contributed by atoms with Gasteiger partial charge in [-0.05, 0) is 79.2 Å². The van der Waals surface area contributed by atoms with Crippen molar-refractivity contribution in [2.45, 2.75) is 0 Å². The summed E-state index contributed by atoms with van der Waals surface area (Å²) in [4.78, 5) is 15.4. The predicted molar refractivity (Wildman–Crippen MR) is 235 cm³/mol. The maximum absolute atomic E-state index is 6.72. The van der Waals surface area contributed by atoms with Crippen molar-refractivity contribution in [2.24, 2.45) is 0 Å². The third-order valence-electron chi connectivity index (χ3n) is 10.9. The average Bonchev–Trinajstić information content (AvgIpc) is 3.65. The molecule has 0 unspecified atom stereocenters. The third kappa shape index (κ3) is 5.92. The number of fused-ring (bicyclic) bond motifs is 5. The van der Waals surface area contributed by atoms with E-state index in [9.17, 15) is 0 Å². The summed E-state index contributed by atoms with van der Waals surface area (Å²) in [6, 6.07) is 70.0. The summed E-state index contributed by atoms with van der Waals surface area (Å²) >= 11 is 0. The summed E-state index contributed by atoms with van der Waals surface area (Å²) in [6.07, 6.45) is 0. The maximum atomic E-state index is 6.72. The predicted octanol–water partition coefficient (Wildman–Crippen LogP) is 14.1. The first-order chi connectivity index (χ1) is 28.2. The molecule has 4 heteroatoms. The minimum absolute atomic E-state index is 0.576. The van der Waals surface area contributed by atoms with Crippen molar-refractivity contribution >= 4 is 43.5 Å². The SMILES string of the molecule is c1ccc(-c2ccc(-c3cc(-c4nc(-c5ccccc5)nc(-c5ccc(-c6cccc7ccccc67)cc5)n4)cc4oc5cc6ccccc6cc5c34)cc2)cc1. The van der Waals surface area contributed by atoms with Crippen molar-refractivity contribution in [3.8, 4) is 67.5 Å². The van der Waals surface area contributed by atoms with Crippen LogP contribution in [0.3, 0.4) is 0 Å². The summed E-state index contributed by atoms with van der Waals surface area (Å²) in [5, 5.41) is 6.89. The Hall–Kier alpha value is -7.69. The summed E-state index contributed by atoms with van der Waals surface area (Å²) < 4.78 is 6.72. The van der Waals surface area contributed by atoms with Crippen molar-refractivity contribution in [1.29, 1.82) is 0 Å². The molecule has 11 rings (SSSR count). The van der Waals surface area contributed by atoms with Crippen LogP contribution in [-0.2, 0) is 0 Å². The van der Waals surface area contributed by atoms with Crippen LogP contribution in [0, 0.1) is 0 Å². The molecule has 0 N–H and O–H groups in total. The average molecular weight is 728 g/mol. The van der Waals surface area contributed by atoms with E-state index in [4.69, 9.17) is 19.4 Å². The van der Waals surface area contributed by atoms with Crippen molar-refractivity contribution in [3.63, 3.8) is 0 Å². The fourth-order valence-corrected chi connectivity index (χ4v) is 8.05. The number of hydrogen-bond donors (Lipinski definition) is 0. The van der Waals surface area contributed by atoms with E-state index in [0.29, 0.717) is 17.5 Å². The van der Waals surface area contributed by atoms with Crippen LogP contribution in [-0.4, -0.2) is 15.0 Å². The number of benzene rings is 9. The van der Waals surface area contributed by atoms with E-state index < -0.39 is 0 Å². The first-order valence-electron chi connectivity index (χ1n) is 19.2. The number of nitrogens with zero attached hydrogens (tertiary/aromatic N) is 3. The van der Waals surface area contributed by atoms with Crippen LogP contribution in [0.2, 0.25) is 0 Å². The molecule has 9 aromatic carbocycles. The molecule has 0 atom stereocenters. The lowest BCUT2D eigenvalue weighted by Gasteiger charge is -2.12. The monoisotopic (exact) mass is 727 g/mol. The molecular formula is C53H33N3O. The zero-order valence-corrected chi connectivity index (χ0v) is 30.8. The van der Waals surface area contributed by atoms with Crippen molar-refractivity contribution < 1.29 is 4.42 Å². The van der Waals surface area contributed by atoms with E-state index in [-0.39, 0.29) is 0 Å². The van der Waals surface area contributed by atoms with E-state index in [1.807, 2.05) is 36.4 Å². The summed E-state index contributed by atoms with van der Waals surface area (Å²) in [7, 11) is 0. The fourth-order valence-electron chi connectivity index (χ4n) is 8.05. The van der Waals surface area contributed by atoms with E-state index in [1.54, 1.807) is 0 Å². The molecule has 11 aromatic rings. The van der Waals surface area contributed by atoms with Gasteiger partial charge in [0.15, 0.2) is 17.5 Å². The minimum Gasteiger partial charge on any atom is -0.456 e. The van der Waals surface area contributed by atoms with Crippen LogP contribution in [0.4, 0.5) is 0 Å². The quantitative estimate of drug-likeness (QED) is 0.171. The lowest BCUT2D eigenvalue weighted by molar-refractivity contribution is 0.669. The Morgan fingerprint density at radius 2 is 0.772 bits per heavy atom. The molecule has 0 aliphatic rings. The van der Waals surface area contributed by atoms with Gasteiger partial charge in [0.25, 0.3) is 0 Å². The molecule has 0 radical (unpaired) electrons. The van der Waals surface area contributed by atoms with E-state index in [0.717, 1.165) is 66.3 Å². The van der Waals surface area contributed by atoms with Crippen LogP contribution in [0.1, 0.15) is 0 Å². The van der Waals surface area contributed by atoms with Gasteiger partial charge in [-0.25, -0.2) is 15.0 Å². The van der Waals surface area contributed by atoms with Gasteiger partial charge in [-0.3, -0.25) is 0 Å². The Morgan fingerprint density at radius 3 is 1.47 bits per heavy atom. The first kappa shape index (κ1) is 32.7. The largest absolute Gasteiger partial charge is 0.456 e. The second kappa shape index (κ2) is 13.6. The lowest BCUT2D eigenvalue weighted by Crippen LogP contribution is -2.00. The van der Waals surface area contributed by atoms with Gasteiger partial charge < -0.3 is 4.42 Å². The van der Waals surface area contributed by atoms with Gasteiger partial charge in [0, 0.05) is 27.5 Å². The Morgan fingerprint density at radius 1 is 0.281 bits per heavy atom. The molecule has 0 aliphatic heterocycles. The van der Waals surface area contributed by atoms with Crippen molar-refractivity contribution in [3.05, 3.63) is 200 Å². The van der Waals surface area contributed by atoms with Gasteiger partial charge in [0.05, 0.1) is 0 Å². The summed E-state index contributed by atoms with van der Waals surface area (Å²) in [5.41, 5.74) is 11.1. The van der Waals surface area contributed by atoms with Crippen LogP contribution < -0.4 is 0 Å². The van der Waals surface area contributed by atoms with Gasteiger partial charge in [-0.15, -0.1) is 0 Å². The van der Waals surface area contributed by atoms with E-state index >= 15 is 0 Å². The molecule has 0 saturated carbocycles. The molecule has 0 aliphatic carbocycles. The zero-order chi connectivity index (χ0) is 37.7. The highest BCUT2D eigenvalue weighted by molar-refractivity contribution is 6.16. The van der Waals surface area contributed by atoms with Gasteiger partial charge >= 0.3 is 0 Å². The van der Waals surface area contributed by atoms with Crippen LogP contribution in [0.15, 0.2) is 205 Å². The van der Waals surface area contributed by atoms with Gasteiger partial charge in [-0.2, -0.15) is 0 Å². The summed E-state index contributed by atoms with van der Waals surface area (Å²) in [5.74, 6) is 1.79. The molecular weight excluding hydrogens is 695 g/mol. The lowest BCUT2D eigenvalue weighted by atomic mass is 9.94. The molecule has 57 heavy (non-hydrogen) atoms. The number of rotatable bonds is 6. The fraction of sp³-hybridized carbons (Fsp3) is 0. The van der Waals surface area contributed by atoms with E-state index in [1.165, 1.54) is 27.3 Å². The Bertz CT molecular complexity index is 3260. The number of aromatic nitrogens is 3. The molecule has 0 saturated heterocycles. The standard InChI is InChI=1S/C53H33N3O/c1-3-12-34(13-4-1)35-22-24-38(25-23-35)46-31-43(33-49-50(46)47-30-41-17-7-8-18-42(41)32-48(47)57-49)53-55-51(39-15-5-2-6-16-39)54-52(56-53)40-28-26-37(27-29-40)45-21-11-19-36-14-9-10-20-44(36)45/h1-33H. The second-order valence-electron chi connectivity index (χ2n) is 14.4. The topological polar surface area (TPSA) is 51.8 Å². The zero-order valence-electron chi connectivity index (χ0n) is 30.8. The van der Waals surface area contributed by atoms with Crippen LogP contribution in [0.5, 0.6) is 0 Å².